The number of nitrogens with one attached hydrogen (secondary N) is 1. The summed E-state index contributed by atoms with van der Waals surface area (Å²) in [6.45, 7) is 3.11. The van der Waals surface area contributed by atoms with E-state index in [1.807, 2.05) is 12.1 Å². The molecule has 0 aliphatic carbocycles. The zero-order chi connectivity index (χ0) is 12.1. The van der Waals surface area contributed by atoms with Crippen LogP contribution in [-0.2, 0) is 6.42 Å². The third kappa shape index (κ3) is 3.56. The Morgan fingerprint density at radius 3 is 2.59 bits per heavy atom. The van der Waals surface area contributed by atoms with Crippen molar-refractivity contribution in [1.82, 2.24) is 5.32 Å². The Balaban J connectivity index is 2.13. The largest absolute Gasteiger partial charge is 0.310 e. The summed E-state index contributed by atoms with van der Waals surface area (Å²) in [7, 11) is 0. The van der Waals surface area contributed by atoms with Gasteiger partial charge in [0.25, 0.3) is 0 Å². The molecule has 0 spiro atoms. The average Bonchev–Trinajstić information content (AvgIpc) is 2.82. The Morgan fingerprint density at radius 2 is 2.00 bits per heavy atom. The smallest absolute Gasteiger partial charge is 0.0406 e. The third-order valence-electron chi connectivity index (χ3n) is 2.74. The molecule has 1 unspecified atom stereocenters. The highest BCUT2D eigenvalue weighted by molar-refractivity contribution is 7.07. The van der Waals surface area contributed by atoms with Gasteiger partial charge in [0.1, 0.15) is 0 Å². The number of thiophene rings is 1. The van der Waals surface area contributed by atoms with Gasteiger partial charge in [-0.25, -0.2) is 0 Å². The van der Waals surface area contributed by atoms with E-state index in [9.17, 15) is 0 Å². The number of likely N-dealkylation sites (N-methyl/N-ethyl adjacent to an activating group) is 1. The summed E-state index contributed by atoms with van der Waals surface area (Å²) in [5, 5.41) is 8.64. The molecule has 1 atom stereocenters. The van der Waals surface area contributed by atoms with Crippen molar-refractivity contribution in [3.63, 3.8) is 0 Å². The van der Waals surface area contributed by atoms with Crippen molar-refractivity contribution in [2.45, 2.75) is 19.4 Å². The molecule has 0 saturated carbocycles. The van der Waals surface area contributed by atoms with Crippen molar-refractivity contribution in [2.24, 2.45) is 0 Å². The van der Waals surface area contributed by atoms with Gasteiger partial charge in [0.2, 0.25) is 0 Å². The van der Waals surface area contributed by atoms with Crippen LogP contribution in [0.4, 0.5) is 0 Å². The van der Waals surface area contributed by atoms with Gasteiger partial charge in [0.15, 0.2) is 0 Å². The minimum atomic E-state index is 0.367. The fraction of sp³-hybridized carbons (Fsp3) is 0.286. The Morgan fingerprint density at radius 1 is 1.24 bits per heavy atom. The second-order valence-corrected chi connectivity index (χ2v) is 5.21. The molecule has 1 heterocycles. The lowest BCUT2D eigenvalue weighted by Crippen LogP contribution is -2.22. The minimum Gasteiger partial charge on any atom is -0.310 e. The molecule has 0 aliphatic rings. The van der Waals surface area contributed by atoms with Crippen LogP contribution in [0.2, 0.25) is 5.02 Å². The predicted octanol–water partition coefficient (Wildman–Crippen LogP) is 4.29. The molecule has 0 bridgehead atoms. The molecule has 0 fully saturated rings. The SMILES string of the molecule is CCNC(Cc1ccsc1)c1ccc(Cl)cc1. The lowest BCUT2D eigenvalue weighted by Gasteiger charge is -2.17. The lowest BCUT2D eigenvalue weighted by molar-refractivity contribution is 0.550. The van der Waals surface area contributed by atoms with Crippen molar-refractivity contribution in [2.75, 3.05) is 6.54 Å². The fourth-order valence-electron chi connectivity index (χ4n) is 1.89. The van der Waals surface area contributed by atoms with Crippen molar-refractivity contribution >= 4 is 22.9 Å². The third-order valence-corrected chi connectivity index (χ3v) is 3.73. The van der Waals surface area contributed by atoms with E-state index in [4.69, 9.17) is 11.6 Å². The molecule has 3 heteroatoms. The first kappa shape index (κ1) is 12.6. The zero-order valence-corrected chi connectivity index (χ0v) is 11.4. The van der Waals surface area contributed by atoms with Gasteiger partial charge in [0, 0.05) is 11.1 Å². The minimum absolute atomic E-state index is 0.367. The van der Waals surface area contributed by atoms with E-state index in [0.717, 1.165) is 18.0 Å². The number of hydrogen-bond donors (Lipinski definition) is 1. The molecule has 0 radical (unpaired) electrons. The van der Waals surface area contributed by atoms with Crippen LogP contribution in [0.3, 0.4) is 0 Å². The van der Waals surface area contributed by atoms with Gasteiger partial charge in [0.05, 0.1) is 0 Å². The van der Waals surface area contributed by atoms with Crippen LogP contribution in [0, 0.1) is 0 Å². The maximum Gasteiger partial charge on any atom is 0.0406 e. The Bertz CT molecular complexity index is 436. The van der Waals surface area contributed by atoms with Gasteiger partial charge >= 0.3 is 0 Å². The highest BCUT2D eigenvalue weighted by Gasteiger charge is 2.11. The van der Waals surface area contributed by atoms with E-state index < -0.39 is 0 Å². The second kappa shape index (κ2) is 6.20. The molecule has 2 aromatic rings. The van der Waals surface area contributed by atoms with Crippen molar-refractivity contribution < 1.29 is 0 Å². The van der Waals surface area contributed by atoms with Gasteiger partial charge < -0.3 is 5.32 Å². The Kier molecular flexibility index (Phi) is 4.60. The summed E-state index contributed by atoms with van der Waals surface area (Å²) in [4.78, 5) is 0. The summed E-state index contributed by atoms with van der Waals surface area (Å²) in [6, 6.07) is 10.7. The molecule has 1 aromatic heterocycles. The first-order chi connectivity index (χ1) is 8.29. The summed E-state index contributed by atoms with van der Waals surface area (Å²) >= 11 is 7.67. The van der Waals surface area contributed by atoms with Crippen LogP contribution >= 0.6 is 22.9 Å². The highest BCUT2D eigenvalue weighted by Crippen LogP contribution is 2.21. The zero-order valence-electron chi connectivity index (χ0n) is 9.82. The average molecular weight is 266 g/mol. The number of benzene rings is 1. The summed E-state index contributed by atoms with van der Waals surface area (Å²) in [6.07, 6.45) is 1.03. The first-order valence-corrected chi connectivity index (χ1v) is 7.11. The normalized spacial score (nSPS) is 12.6. The molecule has 1 nitrogen and oxygen atoms in total. The molecule has 1 aromatic carbocycles. The molecule has 90 valence electrons. The first-order valence-electron chi connectivity index (χ1n) is 5.79. The van der Waals surface area contributed by atoms with Crippen LogP contribution in [0.1, 0.15) is 24.1 Å². The summed E-state index contributed by atoms with van der Waals surface area (Å²) in [5.74, 6) is 0. The fourth-order valence-corrected chi connectivity index (χ4v) is 2.70. The Labute approximate surface area is 111 Å². The highest BCUT2D eigenvalue weighted by atomic mass is 35.5. The molecule has 0 aliphatic heterocycles. The van der Waals surface area contributed by atoms with E-state index in [0.29, 0.717) is 6.04 Å². The summed E-state index contributed by atoms with van der Waals surface area (Å²) < 4.78 is 0. The van der Waals surface area contributed by atoms with E-state index >= 15 is 0 Å². The quantitative estimate of drug-likeness (QED) is 0.850. The van der Waals surface area contributed by atoms with E-state index in [1.54, 1.807) is 11.3 Å². The van der Waals surface area contributed by atoms with Crippen LogP contribution in [0.15, 0.2) is 41.1 Å². The molecule has 0 amide bonds. The van der Waals surface area contributed by atoms with Gasteiger partial charge in [-0.3, -0.25) is 0 Å². The Hall–Kier alpha value is -0.830. The van der Waals surface area contributed by atoms with Crippen molar-refractivity contribution in [3.05, 3.63) is 57.2 Å². The van der Waals surface area contributed by atoms with Crippen LogP contribution in [-0.4, -0.2) is 6.54 Å². The maximum atomic E-state index is 5.92. The molecule has 17 heavy (non-hydrogen) atoms. The molecular weight excluding hydrogens is 250 g/mol. The monoisotopic (exact) mass is 265 g/mol. The van der Waals surface area contributed by atoms with Gasteiger partial charge in [-0.15, -0.1) is 0 Å². The second-order valence-electron chi connectivity index (χ2n) is 4.00. The predicted molar refractivity (Wildman–Crippen MR) is 75.9 cm³/mol. The van der Waals surface area contributed by atoms with E-state index in [1.165, 1.54) is 11.1 Å². The van der Waals surface area contributed by atoms with E-state index in [2.05, 4.69) is 41.2 Å². The number of hydrogen-bond acceptors (Lipinski definition) is 2. The maximum absolute atomic E-state index is 5.92. The van der Waals surface area contributed by atoms with Gasteiger partial charge in [-0.05, 0) is 53.1 Å². The number of rotatable bonds is 5. The summed E-state index contributed by atoms with van der Waals surface area (Å²) in [5.41, 5.74) is 2.68. The topological polar surface area (TPSA) is 12.0 Å². The molecular formula is C14H16ClNS. The van der Waals surface area contributed by atoms with Crippen LogP contribution < -0.4 is 5.32 Å². The van der Waals surface area contributed by atoms with Gasteiger partial charge in [-0.2, -0.15) is 11.3 Å². The van der Waals surface area contributed by atoms with Crippen LogP contribution in [0.5, 0.6) is 0 Å². The van der Waals surface area contributed by atoms with Crippen LogP contribution in [0.25, 0.3) is 0 Å². The molecule has 2 rings (SSSR count). The lowest BCUT2D eigenvalue weighted by atomic mass is 10.0. The number of halogens is 1. The molecule has 1 N–H and O–H groups in total. The van der Waals surface area contributed by atoms with Crippen molar-refractivity contribution in [3.8, 4) is 0 Å². The van der Waals surface area contributed by atoms with Gasteiger partial charge in [-0.1, -0.05) is 30.7 Å². The van der Waals surface area contributed by atoms with E-state index in [-0.39, 0.29) is 0 Å². The standard InChI is InChI=1S/C14H16ClNS/c1-2-16-14(9-11-7-8-17-10-11)12-3-5-13(15)6-4-12/h3-8,10,14,16H,2,9H2,1H3. The molecule has 0 saturated heterocycles. The van der Waals surface area contributed by atoms with Crippen molar-refractivity contribution in [1.29, 1.82) is 0 Å².